The minimum atomic E-state index is -0.498. The molecule has 1 heterocycles. The van der Waals surface area contributed by atoms with Crippen LogP contribution in [0.5, 0.6) is 5.75 Å². The molecule has 2 aromatic rings. The molecule has 0 spiro atoms. The van der Waals surface area contributed by atoms with Gasteiger partial charge in [0.1, 0.15) is 16.8 Å². The second-order valence-electron chi connectivity index (χ2n) is 5.91. The summed E-state index contributed by atoms with van der Waals surface area (Å²) in [4.78, 5) is 25.1. The molecule has 1 aromatic heterocycles. The molecule has 3 rings (SSSR count). The van der Waals surface area contributed by atoms with Crippen molar-refractivity contribution in [1.82, 2.24) is 0 Å². The number of rotatable bonds is 6. The van der Waals surface area contributed by atoms with Crippen LogP contribution < -0.4 is 10.1 Å². The Hall–Kier alpha value is -2.85. The van der Waals surface area contributed by atoms with Crippen molar-refractivity contribution in [3.8, 4) is 11.8 Å². The van der Waals surface area contributed by atoms with Gasteiger partial charge >= 0.3 is 5.97 Å². The molecular weight excluding hydrogens is 352 g/mol. The lowest BCUT2D eigenvalue weighted by Gasteiger charge is -2.07. The third-order valence-corrected chi connectivity index (χ3v) is 5.34. The highest BCUT2D eigenvalue weighted by atomic mass is 32.1. The van der Waals surface area contributed by atoms with Crippen molar-refractivity contribution in [3.05, 3.63) is 45.8 Å². The normalized spacial score (nSPS) is 12.2. The van der Waals surface area contributed by atoms with Crippen LogP contribution in [-0.2, 0) is 33.6 Å². The van der Waals surface area contributed by atoms with E-state index in [0.717, 1.165) is 35.3 Å². The maximum atomic E-state index is 12.1. The summed E-state index contributed by atoms with van der Waals surface area (Å²) < 4.78 is 10.1. The van der Waals surface area contributed by atoms with E-state index in [1.807, 2.05) is 0 Å². The average molecular weight is 370 g/mol. The van der Waals surface area contributed by atoms with Crippen molar-refractivity contribution in [2.45, 2.75) is 25.7 Å². The number of anilines is 1. The Morgan fingerprint density at radius 2 is 2.19 bits per heavy atom. The molecular formula is C19H18N2O4S. The van der Waals surface area contributed by atoms with Gasteiger partial charge in [0.15, 0.2) is 6.61 Å². The molecule has 1 aliphatic carbocycles. The zero-order valence-corrected chi connectivity index (χ0v) is 15.1. The number of thiophene rings is 1. The summed E-state index contributed by atoms with van der Waals surface area (Å²) in [6.07, 6.45) is 2.92. The average Bonchev–Trinajstić information content (AvgIpc) is 3.20. The van der Waals surface area contributed by atoms with Crippen molar-refractivity contribution in [2.24, 2.45) is 0 Å². The molecule has 0 radical (unpaired) electrons. The number of fused-ring (bicyclic) bond motifs is 1. The monoisotopic (exact) mass is 370 g/mol. The molecule has 6 nitrogen and oxygen atoms in total. The van der Waals surface area contributed by atoms with Crippen molar-refractivity contribution >= 4 is 28.2 Å². The number of carbonyl (C=O) groups excluding carboxylic acids is 2. The minimum Gasteiger partial charge on any atom is -0.497 e. The first-order chi connectivity index (χ1) is 12.6. The molecule has 0 bridgehead atoms. The number of amides is 1. The number of aryl methyl sites for hydroxylation is 1. The maximum Gasteiger partial charge on any atom is 0.310 e. The number of nitrogens with one attached hydrogen (secondary N) is 1. The van der Waals surface area contributed by atoms with Gasteiger partial charge < -0.3 is 14.8 Å². The number of esters is 1. The third-order valence-electron chi connectivity index (χ3n) is 4.13. The molecule has 0 saturated heterocycles. The zero-order valence-electron chi connectivity index (χ0n) is 14.3. The standard InChI is InChI=1S/C19H18N2O4S/c1-24-13-5-2-4-12(8-13)9-18(23)25-11-17(22)21-19-15(10-20)14-6-3-7-16(14)26-19/h2,4-5,8H,3,6-7,9,11H2,1H3,(H,21,22). The van der Waals surface area contributed by atoms with Gasteiger partial charge in [0, 0.05) is 4.88 Å². The maximum absolute atomic E-state index is 12.1. The van der Waals surface area contributed by atoms with Gasteiger partial charge in [-0.2, -0.15) is 5.26 Å². The Labute approximate surface area is 155 Å². The first-order valence-electron chi connectivity index (χ1n) is 8.23. The fourth-order valence-corrected chi connectivity index (χ4v) is 4.18. The molecule has 1 aliphatic rings. The largest absolute Gasteiger partial charge is 0.497 e. The second-order valence-corrected chi connectivity index (χ2v) is 7.02. The summed E-state index contributed by atoms with van der Waals surface area (Å²) in [5, 5.41) is 12.6. The van der Waals surface area contributed by atoms with E-state index in [1.54, 1.807) is 31.4 Å². The number of nitrogens with zero attached hydrogens (tertiary/aromatic N) is 1. The SMILES string of the molecule is COc1cccc(CC(=O)OCC(=O)Nc2sc3c(c2C#N)CCC3)c1. The summed E-state index contributed by atoms with van der Waals surface area (Å²) in [5.41, 5.74) is 2.33. The third kappa shape index (κ3) is 4.03. The van der Waals surface area contributed by atoms with E-state index >= 15 is 0 Å². The van der Waals surface area contributed by atoms with Crippen LogP contribution in [0.1, 0.15) is 28.0 Å². The number of nitriles is 1. The molecule has 134 valence electrons. The molecule has 0 saturated carbocycles. The van der Waals surface area contributed by atoms with Crippen LogP contribution in [0.25, 0.3) is 0 Å². The van der Waals surface area contributed by atoms with Crippen molar-refractivity contribution in [2.75, 3.05) is 19.0 Å². The van der Waals surface area contributed by atoms with Crippen LogP contribution >= 0.6 is 11.3 Å². The number of carbonyl (C=O) groups is 2. The van der Waals surface area contributed by atoms with Crippen molar-refractivity contribution in [1.29, 1.82) is 5.26 Å². The molecule has 1 aromatic carbocycles. The van der Waals surface area contributed by atoms with Crippen LogP contribution in [0, 0.1) is 11.3 Å². The molecule has 0 atom stereocenters. The molecule has 0 aliphatic heterocycles. The lowest BCUT2D eigenvalue weighted by atomic mass is 10.1. The molecule has 1 amide bonds. The van der Waals surface area contributed by atoms with E-state index in [0.29, 0.717) is 16.3 Å². The smallest absolute Gasteiger partial charge is 0.310 e. The predicted molar refractivity (Wildman–Crippen MR) is 97.3 cm³/mol. The van der Waals surface area contributed by atoms with E-state index in [-0.39, 0.29) is 13.0 Å². The topological polar surface area (TPSA) is 88.4 Å². The second kappa shape index (κ2) is 8.02. The van der Waals surface area contributed by atoms with Gasteiger partial charge in [-0.1, -0.05) is 12.1 Å². The summed E-state index contributed by atoms with van der Waals surface area (Å²) in [7, 11) is 1.55. The Balaban J connectivity index is 1.53. The van der Waals surface area contributed by atoms with E-state index in [4.69, 9.17) is 9.47 Å². The first-order valence-corrected chi connectivity index (χ1v) is 9.05. The number of benzene rings is 1. The van der Waals surface area contributed by atoms with Gasteiger partial charge in [-0.3, -0.25) is 9.59 Å². The van der Waals surface area contributed by atoms with Crippen molar-refractivity contribution < 1.29 is 19.1 Å². The fraction of sp³-hybridized carbons (Fsp3) is 0.316. The van der Waals surface area contributed by atoms with Crippen LogP contribution in [0.15, 0.2) is 24.3 Å². The van der Waals surface area contributed by atoms with Gasteiger partial charge in [-0.05, 0) is 42.5 Å². The number of hydrogen-bond acceptors (Lipinski definition) is 6. The molecule has 0 fully saturated rings. The highest BCUT2D eigenvalue weighted by Gasteiger charge is 2.23. The van der Waals surface area contributed by atoms with E-state index in [9.17, 15) is 14.9 Å². The van der Waals surface area contributed by atoms with Crippen LogP contribution in [0.2, 0.25) is 0 Å². The van der Waals surface area contributed by atoms with Crippen molar-refractivity contribution in [3.63, 3.8) is 0 Å². The molecule has 7 heteroatoms. The summed E-state index contributed by atoms with van der Waals surface area (Å²) in [5.74, 6) is -0.286. The highest BCUT2D eigenvalue weighted by molar-refractivity contribution is 7.16. The molecule has 0 unspecified atom stereocenters. The molecule has 26 heavy (non-hydrogen) atoms. The number of ether oxygens (including phenoxy) is 2. The van der Waals surface area contributed by atoms with Crippen LogP contribution in [0.3, 0.4) is 0 Å². The van der Waals surface area contributed by atoms with E-state index in [1.165, 1.54) is 11.3 Å². The lowest BCUT2D eigenvalue weighted by molar-refractivity contribution is -0.146. The Morgan fingerprint density at radius 3 is 2.96 bits per heavy atom. The summed E-state index contributed by atoms with van der Waals surface area (Å²) in [6, 6.07) is 9.27. The predicted octanol–water partition coefficient (Wildman–Crippen LogP) is 2.84. The van der Waals surface area contributed by atoms with Gasteiger partial charge in [0.2, 0.25) is 0 Å². The number of hydrogen-bond donors (Lipinski definition) is 1. The first kappa shape index (κ1) is 18.0. The van der Waals surface area contributed by atoms with Crippen LogP contribution in [-0.4, -0.2) is 25.6 Å². The highest BCUT2D eigenvalue weighted by Crippen LogP contribution is 2.38. The fourth-order valence-electron chi connectivity index (χ4n) is 2.92. The number of methoxy groups -OCH3 is 1. The lowest BCUT2D eigenvalue weighted by Crippen LogP contribution is -2.21. The molecule has 1 N–H and O–H groups in total. The van der Waals surface area contributed by atoms with E-state index < -0.39 is 11.9 Å². The quantitative estimate of drug-likeness (QED) is 0.790. The van der Waals surface area contributed by atoms with E-state index in [2.05, 4.69) is 11.4 Å². The minimum absolute atomic E-state index is 0.0568. The Morgan fingerprint density at radius 1 is 1.35 bits per heavy atom. The van der Waals surface area contributed by atoms with Gasteiger partial charge in [-0.15, -0.1) is 11.3 Å². The van der Waals surface area contributed by atoms with Gasteiger partial charge in [0.25, 0.3) is 5.91 Å². The van der Waals surface area contributed by atoms with Gasteiger partial charge in [0.05, 0.1) is 19.1 Å². The Kier molecular flexibility index (Phi) is 5.54. The van der Waals surface area contributed by atoms with Crippen LogP contribution in [0.4, 0.5) is 5.00 Å². The van der Waals surface area contributed by atoms with Gasteiger partial charge in [-0.25, -0.2) is 0 Å². The summed E-state index contributed by atoms with van der Waals surface area (Å²) in [6.45, 7) is -0.379. The zero-order chi connectivity index (χ0) is 18.5. The summed E-state index contributed by atoms with van der Waals surface area (Å²) >= 11 is 1.43. The Bertz CT molecular complexity index is 882.